The average molecular weight is 474 g/mol. The topological polar surface area (TPSA) is 101 Å². The number of hydrogen-bond acceptors (Lipinski definition) is 6. The van der Waals surface area contributed by atoms with Crippen molar-refractivity contribution in [2.24, 2.45) is 0 Å². The maximum absolute atomic E-state index is 13.1. The minimum Gasteiger partial charge on any atom is -0.360 e. The summed E-state index contributed by atoms with van der Waals surface area (Å²) >= 11 is 1.40. The number of sulfone groups is 1. The standard InChI is InChI=1S/C22H27N5O3S2/c1-2-10-26(16-9-11-32(29,30)14-16)20(28)13-31-22-25-24-21(27(22)15-7-8-15)18-12-23-19-6-4-3-5-17(18)19/h3-6,12,15-16,23H,2,7-11,13-14H2,1H3/t16-/m0/s1. The van der Waals surface area contributed by atoms with E-state index < -0.39 is 9.84 Å². The summed E-state index contributed by atoms with van der Waals surface area (Å²) in [5.74, 6) is 1.27. The van der Waals surface area contributed by atoms with E-state index in [1.807, 2.05) is 31.3 Å². The second-order valence-corrected chi connectivity index (χ2v) is 11.8. The molecule has 1 aliphatic heterocycles. The molecule has 0 radical (unpaired) electrons. The fourth-order valence-electron chi connectivity index (χ4n) is 4.46. The smallest absolute Gasteiger partial charge is 0.233 e. The van der Waals surface area contributed by atoms with Crippen molar-refractivity contribution < 1.29 is 13.2 Å². The van der Waals surface area contributed by atoms with Gasteiger partial charge in [-0.3, -0.25) is 9.36 Å². The SMILES string of the molecule is CCCN(C(=O)CSc1nnc(-c2c[nH]c3ccccc23)n1C1CC1)[C@H]1CCS(=O)(=O)C1. The molecule has 1 amide bonds. The van der Waals surface area contributed by atoms with E-state index in [2.05, 4.69) is 25.8 Å². The highest BCUT2D eigenvalue weighted by atomic mass is 32.2. The molecule has 170 valence electrons. The van der Waals surface area contributed by atoms with Crippen LogP contribution in [0.5, 0.6) is 0 Å². The van der Waals surface area contributed by atoms with Crippen LogP contribution in [0.4, 0.5) is 0 Å². The number of benzene rings is 1. The van der Waals surface area contributed by atoms with Gasteiger partial charge < -0.3 is 9.88 Å². The second kappa shape index (κ2) is 8.55. The molecule has 1 aliphatic carbocycles. The lowest BCUT2D eigenvalue weighted by atomic mass is 10.1. The number of nitrogens with one attached hydrogen (secondary N) is 1. The fraction of sp³-hybridized carbons (Fsp3) is 0.500. The van der Waals surface area contributed by atoms with Crippen LogP contribution < -0.4 is 0 Å². The van der Waals surface area contributed by atoms with Crippen LogP contribution in [0.3, 0.4) is 0 Å². The number of nitrogens with zero attached hydrogens (tertiary/aromatic N) is 4. The summed E-state index contributed by atoms with van der Waals surface area (Å²) < 4.78 is 26.0. The molecule has 0 spiro atoms. The Hall–Kier alpha value is -2.33. The van der Waals surface area contributed by atoms with E-state index in [1.165, 1.54) is 11.8 Å². The number of rotatable bonds is 8. The van der Waals surface area contributed by atoms with Crippen molar-refractivity contribution in [3.63, 3.8) is 0 Å². The van der Waals surface area contributed by atoms with Crippen LogP contribution in [0.25, 0.3) is 22.3 Å². The van der Waals surface area contributed by atoms with Crippen molar-refractivity contribution in [1.29, 1.82) is 0 Å². The summed E-state index contributed by atoms with van der Waals surface area (Å²) in [7, 11) is -3.04. The quantitative estimate of drug-likeness (QED) is 0.504. The molecule has 1 saturated heterocycles. The zero-order valence-electron chi connectivity index (χ0n) is 18.0. The van der Waals surface area contributed by atoms with Gasteiger partial charge in [-0.15, -0.1) is 10.2 Å². The zero-order chi connectivity index (χ0) is 22.3. The Balaban J connectivity index is 1.36. The number of thioether (sulfide) groups is 1. The Morgan fingerprint density at radius 1 is 1.25 bits per heavy atom. The van der Waals surface area contributed by atoms with Gasteiger partial charge >= 0.3 is 0 Å². The minimum absolute atomic E-state index is 0.0297. The zero-order valence-corrected chi connectivity index (χ0v) is 19.7. The molecule has 1 atom stereocenters. The number of amides is 1. The van der Waals surface area contributed by atoms with Crippen molar-refractivity contribution in [2.75, 3.05) is 23.8 Å². The molecule has 1 aromatic carbocycles. The Morgan fingerprint density at radius 2 is 2.06 bits per heavy atom. The number of carbonyl (C=O) groups excluding carboxylic acids is 1. The van der Waals surface area contributed by atoms with Crippen LogP contribution in [-0.2, 0) is 14.6 Å². The number of H-pyrrole nitrogens is 1. The Kier molecular flexibility index (Phi) is 5.75. The lowest BCUT2D eigenvalue weighted by Crippen LogP contribution is -2.42. The summed E-state index contributed by atoms with van der Waals surface area (Å²) in [6.45, 7) is 2.59. The highest BCUT2D eigenvalue weighted by Gasteiger charge is 2.35. The molecule has 1 N–H and O–H groups in total. The number of hydrogen-bond donors (Lipinski definition) is 1. The second-order valence-electron chi connectivity index (χ2n) is 8.59. The van der Waals surface area contributed by atoms with Crippen LogP contribution in [0.2, 0.25) is 0 Å². The highest BCUT2D eigenvalue weighted by molar-refractivity contribution is 7.99. The third-order valence-electron chi connectivity index (χ3n) is 6.17. The van der Waals surface area contributed by atoms with Gasteiger partial charge in [0.1, 0.15) is 0 Å². The fourth-order valence-corrected chi connectivity index (χ4v) is 7.08. The first kappa shape index (κ1) is 21.5. The lowest BCUT2D eigenvalue weighted by molar-refractivity contribution is -0.130. The minimum atomic E-state index is -3.04. The van der Waals surface area contributed by atoms with Crippen molar-refractivity contribution in [1.82, 2.24) is 24.6 Å². The van der Waals surface area contributed by atoms with Gasteiger partial charge in [0, 0.05) is 41.3 Å². The molecule has 3 heterocycles. The summed E-state index contributed by atoms with van der Waals surface area (Å²) in [5.41, 5.74) is 2.07. The summed E-state index contributed by atoms with van der Waals surface area (Å²) in [5, 5.41) is 10.8. The van der Waals surface area contributed by atoms with Crippen molar-refractivity contribution in [3.8, 4) is 11.4 Å². The van der Waals surface area contributed by atoms with Gasteiger partial charge in [-0.05, 0) is 31.7 Å². The van der Waals surface area contributed by atoms with Gasteiger partial charge in [-0.2, -0.15) is 0 Å². The third-order valence-corrected chi connectivity index (χ3v) is 8.84. The molecule has 2 aromatic heterocycles. The van der Waals surface area contributed by atoms with Crippen LogP contribution in [-0.4, -0.2) is 68.8 Å². The normalized spacial score (nSPS) is 20.1. The van der Waals surface area contributed by atoms with E-state index in [-0.39, 0.29) is 29.2 Å². The number of carbonyl (C=O) groups is 1. The molecule has 3 aromatic rings. The van der Waals surface area contributed by atoms with E-state index in [1.54, 1.807) is 4.90 Å². The first-order valence-corrected chi connectivity index (χ1v) is 13.9. The van der Waals surface area contributed by atoms with Crippen LogP contribution >= 0.6 is 11.8 Å². The predicted octanol–water partition coefficient (Wildman–Crippen LogP) is 3.28. The summed E-state index contributed by atoms with van der Waals surface area (Å²) in [6.07, 6.45) is 5.46. The van der Waals surface area contributed by atoms with Gasteiger partial charge in [0.15, 0.2) is 20.8 Å². The van der Waals surface area contributed by atoms with Crippen molar-refractivity contribution >= 4 is 38.4 Å². The average Bonchev–Trinajstić information content (AvgIpc) is 3.22. The van der Waals surface area contributed by atoms with E-state index in [4.69, 9.17) is 0 Å². The molecular formula is C22H27N5O3S2. The number of para-hydroxylation sites is 1. The Morgan fingerprint density at radius 3 is 2.78 bits per heavy atom. The first-order chi connectivity index (χ1) is 15.5. The van der Waals surface area contributed by atoms with Gasteiger partial charge in [-0.1, -0.05) is 36.9 Å². The summed E-state index contributed by atoms with van der Waals surface area (Å²) in [4.78, 5) is 18.1. The number of aromatic nitrogens is 4. The van der Waals surface area contributed by atoms with Gasteiger partial charge in [0.25, 0.3) is 0 Å². The third kappa shape index (κ3) is 4.17. The first-order valence-electron chi connectivity index (χ1n) is 11.1. The van der Waals surface area contributed by atoms with Gasteiger partial charge in [0.2, 0.25) is 5.91 Å². The number of aromatic amines is 1. The molecule has 1 saturated carbocycles. The molecule has 0 unspecified atom stereocenters. The predicted molar refractivity (Wildman–Crippen MR) is 125 cm³/mol. The summed E-state index contributed by atoms with van der Waals surface area (Å²) in [6, 6.07) is 8.27. The van der Waals surface area contributed by atoms with E-state index >= 15 is 0 Å². The highest BCUT2D eigenvalue weighted by Crippen LogP contribution is 2.42. The van der Waals surface area contributed by atoms with Crippen LogP contribution in [0.1, 0.15) is 38.6 Å². The molecule has 2 fully saturated rings. The number of fused-ring (bicyclic) bond motifs is 1. The Bertz CT molecular complexity index is 1250. The van der Waals surface area contributed by atoms with E-state index in [0.29, 0.717) is 19.0 Å². The van der Waals surface area contributed by atoms with Crippen molar-refractivity contribution in [3.05, 3.63) is 30.5 Å². The molecular weight excluding hydrogens is 446 g/mol. The van der Waals surface area contributed by atoms with Crippen LogP contribution in [0.15, 0.2) is 35.6 Å². The Labute approximate surface area is 191 Å². The van der Waals surface area contributed by atoms with Gasteiger partial charge in [0.05, 0.1) is 17.3 Å². The van der Waals surface area contributed by atoms with Crippen LogP contribution in [0, 0.1) is 0 Å². The maximum atomic E-state index is 13.1. The van der Waals surface area contributed by atoms with Gasteiger partial charge in [-0.25, -0.2) is 8.42 Å². The molecule has 8 nitrogen and oxygen atoms in total. The van der Waals surface area contributed by atoms with E-state index in [0.717, 1.165) is 46.7 Å². The van der Waals surface area contributed by atoms with E-state index in [9.17, 15) is 13.2 Å². The van der Waals surface area contributed by atoms with Crippen molar-refractivity contribution in [2.45, 2.75) is 49.8 Å². The largest absolute Gasteiger partial charge is 0.360 e. The molecule has 5 rings (SSSR count). The molecule has 32 heavy (non-hydrogen) atoms. The maximum Gasteiger partial charge on any atom is 0.233 e. The molecule has 0 bridgehead atoms. The molecule has 10 heteroatoms. The lowest BCUT2D eigenvalue weighted by Gasteiger charge is -2.27. The molecule has 2 aliphatic rings. The monoisotopic (exact) mass is 473 g/mol.